The van der Waals surface area contributed by atoms with Crippen LogP contribution in [-0.4, -0.2) is 27.1 Å². The topological polar surface area (TPSA) is 87.1 Å². The number of nitrogens with one attached hydrogen (secondary N) is 2. The molecule has 2 aromatic rings. The van der Waals surface area contributed by atoms with Gasteiger partial charge in [-0.15, -0.1) is 0 Å². The van der Waals surface area contributed by atoms with Gasteiger partial charge in [0.25, 0.3) is 0 Å². The maximum absolute atomic E-state index is 10.8. The van der Waals surface area contributed by atoms with Crippen LogP contribution in [0.3, 0.4) is 0 Å². The van der Waals surface area contributed by atoms with E-state index in [-0.39, 0.29) is 5.56 Å². The van der Waals surface area contributed by atoms with Crippen molar-refractivity contribution >= 4 is 23.3 Å². The van der Waals surface area contributed by atoms with Crippen LogP contribution in [0, 0.1) is 0 Å². The molecule has 1 aliphatic rings. The summed E-state index contributed by atoms with van der Waals surface area (Å²) >= 11 is 0. The summed E-state index contributed by atoms with van der Waals surface area (Å²) in [6.07, 6.45) is 3.87. The molecule has 1 aromatic heterocycles. The fraction of sp³-hybridized carbons (Fsp3) is 0.214. The summed E-state index contributed by atoms with van der Waals surface area (Å²) in [4.78, 5) is 19.1. The molecule has 0 aliphatic heterocycles. The highest BCUT2D eigenvalue weighted by atomic mass is 16.4. The molecular formula is C14H14N4O2. The van der Waals surface area contributed by atoms with Crippen LogP contribution in [0.15, 0.2) is 36.7 Å². The SMILES string of the molecule is O=C(O)c1ccc(Nc2cc(NC3CC3)ncn2)cc1. The quantitative estimate of drug-likeness (QED) is 0.773. The second-order valence-electron chi connectivity index (χ2n) is 4.71. The molecule has 0 bridgehead atoms. The normalized spacial score (nSPS) is 13.8. The molecule has 0 unspecified atom stereocenters. The fourth-order valence-electron chi connectivity index (χ4n) is 1.79. The molecule has 0 saturated heterocycles. The molecule has 6 heteroatoms. The van der Waals surface area contributed by atoms with Gasteiger partial charge in [-0.2, -0.15) is 0 Å². The van der Waals surface area contributed by atoms with Crippen LogP contribution in [0.2, 0.25) is 0 Å². The van der Waals surface area contributed by atoms with Crippen LogP contribution in [-0.2, 0) is 0 Å². The van der Waals surface area contributed by atoms with Gasteiger partial charge in [0.2, 0.25) is 0 Å². The van der Waals surface area contributed by atoms with E-state index in [0.717, 1.165) is 11.5 Å². The van der Waals surface area contributed by atoms with Crippen LogP contribution in [0.5, 0.6) is 0 Å². The first-order chi connectivity index (χ1) is 9.70. The number of hydrogen-bond donors (Lipinski definition) is 3. The number of carbonyl (C=O) groups is 1. The number of carboxylic acid groups (broad SMARTS) is 1. The van der Waals surface area contributed by atoms with Crippen LogP contribution in [0.25, 0.3) is 0 Å². The van der Waals surface area contributed by atoms with Crippen molar-refractivity contribution in [3.63, 3.8) is 0 Å². The summed E-state index contributed by atoms with van der Waals surface area (Å²) in [5.74, 6) is 0.535. The first kappa shape index (κ1) is 12.4. The van der Waals surface area contributed by atoms with Gasteiger partial charge < -0.3 is 15.7 Å². The van der Waals surface area contributed by atoms with E-state index in [0.29, 0.717) is 11.9 Å². The number of aromatic nitrogens is 2. The summed E-state index contributed by atoms with van der Waals surface area (Å²) in [7, 11) is 0. The number of benzene rings is 1. The lowest BCUT2D eigenvalue weighted by atomic mass is 10.2. The van der Waals surface area contributed by atoms with E-state index in [2.05, 4.69) is 20.6 Å². The lowest BCUT2D eigenvalue weighted by Crippen LogP contribution is -2.04. The first-order valence-corrected chi connectivity index (χ1v) is 6.40. The van der Waals surface area contributed by atoms with Gasteiger partial charge in [-0.3, -0.25) is 0 Å². The standard InChI is InChI=1S/C14H14N4O2/c19-14(20)9-1-3-10(4-2-9)17-12-7-13(16-8-15-12)18-11-5-6-11/h1-4,7-8,11H,5-6H2,(H,19,20)(H2,15,16,17,18). The third kappa shape index (κ3) is 3.03. The third-order valence-electron chi connectivity index (χ3n) is 3.00. The van der Waals surface area contributed by atoms with Crippen molar-refractivity contribution in [1.29, 1.82) is 0 Å². The van der Waals surface area contributed by atoms with Crippen LogP contribution in [0.1, 0.15) is 23.2 Å². The average Bonchev–Trinajstić information content (AvgIpc) is 3.24. The summed E-state index contributed by atoms with van der Waals surface area (Å²) < 4.78 is 0. The predicted molar refractivity (Wildman–Crippen MR) is 75.4 cm³/mol. The Balaban J connectivity index is 1.71. The highest BCUT2D eigenvalue weighted by Crippen LogP contribution is 2.24. The van der Waals surface area contributed by atoms with E-state index in [1.165, 1.54) is 19.2 Å². The molecular weight excluding hydrogens is 256 g/mol. The Morgan fingerprint density at radius 2 is 1.85 bits per heavy atom. The second kappa shape index (κ2) is 5.16. The molecule has 3 rings (SSSR count). The Kier molecular flexibility index (Phi) is 3.20. The molecule has 102 valence electrons. The fourth-order valence-corrected chi connectivity index (χ4v) is 1.79. The van der Waals surface area contributed by atoms with E-state index < -0.39 is 5.97 Å². The summed E-state index contributed by atoms with van der Waals surface area (Å²) in [6.45, 7) is 0. The van der Waals surface area contributed by atoms with Crippen LogP contribution >= 0.6 is 0 Å². The van der Waals surface area contributed by atoms with Crippen molar-refractivity contribution in [2.75, 3.05) is 10.6 Å². The first-order valence-electron chi connectivity index (χ1n) is 6.40. The molecule has 0 atom stereocenters. The Labute approximate surface area is 115 Å². The number of carboxylic acids is 1. The second-order valence-corrected chi connectivity index (χ2v) is 4.71. The molecule has 0 spiro atoms. The zero-order valence-corrected chi connectivity index (χ0v) is 10.7. The molecule has 1 fully saturated rings. The molecule has 6 nitrogen and oxygen atoms in total. The number of anilines is 3. The smallest absolute Gasteiger partial charge is 0.335 e. The van der Waals surface area contributed by atoms with E-state index in [1.807, 2.05) is 6.07 Å². The maximum Gasteiger partial charge on any atom is 0.335 e. The van der Waals surface area contributed by atoms with E-state index in [9.17, 15) is 4.79 Å². The highest BCUT2D eigenvalue weighted by molar-refractivity contribution is 5.88. The maximum atomic E-state index is 10.8. The molecule has 1 aromatic carbocycles. The third-order valence-corrected chi connectivity index (χ3v) is 3.00. The zero-order chi connectivity index (χ0) is 13.9. The van der Waals surface area contributed by atoms with Gasteiger partial charge >= 0.3 is 5.97 Å². The Bertz CT molecular complexity index is 623. The number of rotatable bonds is 5. The number of nitrogens with zero attached hydrogens (tertiary/aromatic N) is 2. The summed E-state index contributed by atoms with van der Waals surface area (Å²) in [5.41, 5.74) is 1.04. The van der Waals surface area contributed by atoms with Gasteiger partial charge in [-0.1, -0.05) is 0 Å². The lowest BCUT2D eigenvalue weighted by Gasteiger charge is -2.08. The number of aromatic carboxylic acids is 1. The highest BCUT2D eigenvalue weighted by Gasteiger charge is 2.21. The summed E-state index contributed by atoms with van der Waals surface area (Å²) in [5, 5.41) is 15.3. The van der Waals surface area contributed by atoms with Gasteiger partial charge in [0.15, 0.2) is 0 Å². The van der Waals surface area contributed by atoms with Crippen molar-refractivity contribution < 1.29 is 9.90 Å². The lowest BCUT2D eigenvalue weighted by molar-refractivity contribution is 0.0697. The van der Waals surface area contributed by atoms with Crippen molar-refractivity contribution in [1.82, 2.24) is 9.97 Å². The molecule has 0 radical (unpaired) electrons. The molecule has 1 aliphatic carbocycles. The van der Waals surface area contributed by atoms with Gasteiger partial charge in [0, 0.05) is 17.8 Å². The largest absolute Gasteiger partial charge is 0.478 e. The molecule has 20 heavy (non-hydrogen) atoms. The van der Waals surface area contributed by atoms with Gasteiger partial charge in [-0.25, -0.2) is 14.8 Å². The van der Waals surface area contributed by atoms with Gasteiger partial charge in [-0.05, 0) is 37.1 Å². The van der Waals surface area contributed by atoms with Crippen LogP contribution in [0.4, 0.5) is 17.3 Å². The van der Waals surface area contributed by atoms with E-state index in [4.69, 9.17) is 5.11 Å². The molecule has 3 N–H and O–H groups in total. The summed E-state index contributed by atoms with van der Waals surface area (Å²) in [6, 6.07) is 8.89. The minimum atomic E-state index is -0.936. The van der Waals surface area contributed by atoms with Gasteiger partial charge in [0.1, 0.15) is 18.0 Å². The van der Waals surface area contributed by atoms with Crippen LogP contribution < -0.4 is 10.6 Å². The van der Waals surface area contributed by atoms with E-state index >= 15 is 0 Å². The van der Waals surface area contributed by atoms with Gasteiger partial charge in [0.05, 0.1) is 5.56 Å². The monoisotopic (exact) mass is 270 g/mol. The Morgan fingerprint density at radius 3 is 2.50 bits per heavy atom. The molecule has 0 amide bonds. The Morgan fingerprint density at radius 1 is 1.15 bits per heavy atom. The van der Waals surface area contributed by atoms with Crippen molar-refractivity contribution in [2.24, 2.45) is 0 Å². The zero-order valence-electron chi connectivity index (χ0n) is 10.7. The number of hydrogen-bond acceptors (Lipinski definition) is 5. The minimum Gasteiger partial charge on any atom is -0.478 e. The minimum absolute atomic E-state index is 0.259. The van der Waals surface area contributed by atoms with Crippen molar-refractivity contribution in [3.05, 3.63) is 42.2 Å². The Hall–Kier alpha value is -2.63. The molecule has 1 heterocycles. The van der Waals surface area contributed by atoms with E-state index in [1.54, 1.807) is 24.3 Å². The average molecular weight is 270 g/mol. The van der Waals surface area contributed by atoms with Crippen molar-refractivity contribution in [3.8, 4) is 0 Å². The predicted octanol–water partition coefficient (Wildman–Crippen LogP) is 2.49. The molecule has 1 saturated carbocycles. The van der Waals surface area contributed by atoms with Crippen molar-refractivity contribution in [2.45, 2.75) is 18.9 Å².